The van der Waals surface area contributed by atoms with Gasteiger partial charge < -0.3 is 56.8 Å². The van der Waals surface area contributed by atoms with E-state index in [1.54, 1.807) is 11.8 Å². The Morgan fingerprint density at radius 1 is 0.400 bits per heavy atom. The van der Waals surface area contributed by atoms with Gasteiger partial charge in [-0.05, 0) is 109 Å². The van der Waals surface area contributed by atoms with Crippen LogP contribution in [0.2, 0.25) is 0 Å². The number of benzene rings is 5. The molecular formula is C57H76O12S. The van der Waals surface area contributed by atoms with Crippen LogP contribution in [0, 0.1) is 0 Å². The van der Waals surface area contributed by atoms with Gasteiger partial charge in [0.15, 0.2) is 6.29 Å². The molecule has 5 aromatic rings. The standard InChI is InChI=1S/C57H76O12S/c1-7-58-46(4)60-35-51(38-66-53(37-62-48-25-15-9-16-26-48)40-68-55(43-64-50-29-19-11-20-30-50)44-70-56-31-21-12-22-32-56)65-39-52(36-61-47-23-13-8-14-24-47)67-42-54(41-63-49-27-17-10-18-28-49)69-57(5,6)33-34-59-45(2)3/h8-32,45-46,51-55H,7,33-44H2,1-6H3. The van der Waals surface area contributed by atoms with Gasteiger partial charge in [-0.1, -0.05) is 91.0 Å². The van der Waals surface area contributed by atoms with E-state index in [0.717, 1.165) is 22.1 Å². The van der Waals surface area contributed by atoms with Crippen molar-refractivity contribution in [2.75, 3.05) is 78.4 Å². The molecule has 0 aliphatic heterocycles. The van der Waals surface area contributed by atoms with E-state index in [0.29, 0.717) is 37.7 Å². The lowest BCUT2D eigenvalue weighted by atomic mass is 10.1. The van der Waals surface area contributed by atoms with Gasteiger partial charge in [-0.25, -0.2) is 0 Å². The van der Waals surface area contributed by atoms with E-state index in [-0.39, 0.29) is 65.1 Å². The Morgan fingerprint density at radius 3 is 1.19 bits per heavy atom. The zero-order valence-corrected chi connectivity index (χ0v) is 42.8. The molecule has 0 bridgehead atoms. The van der Waals surface area contributed by atoms with Crippen molar-refractivity contribution in [1.29, 1.82) is 0 Å². The first-order chi connectivity index (χ1) is 34.1. The van der Waals surface area contributed by atoms with E-state index >= 15 is 0 Å². The molecular weight excluding hydrogens is 909 g/mol. The molecule has 0 heterocycles. The van der Waals surface area contributed by atoms with Crippen LogP contribution in [-0.4, -0.2) is 127 Å². The average molecular weight is 985 g/mol. The zero-order chi connectivity index (χ0) is 49.5. The minimum atomic E-state index is -0.538. The van der Waals surface area contributed by atoms with Crippen molar-refractivity contribution >= 4 is 11.8 Å². The van der Waals surface area contributed by atoms with Gasteiger partial charge in [0.05, 0.1) is 44.7 Å². The molecule has 5 aromatic carbocycles. The molecule has 0 aliphatic carbocycles. The molecule has 0 aromatic heterocycles. The molecule has 0 fully saturated rings. The van der Waals surface area contributed by atoms with E-state index in [9.17, 15) is 0 Å². The van der Waals surface area contributed by atoms with Crippen molar-refractivity contribution < 1.29 is 56.8 Å². The third-order valence-electron chi connectivity index (χ3n) is 10.5. The Bertz CT molecular complexity index is 1970. The van der Waals surface area contributed by atoms with Gasteiger partial charge in [-0.3, -0.25) is 0 Å². The number of rotatable bonds is 38. The van der Waals surface area contributed by atoms with Crippen LogP contribution in [0.4, 0.5) is 0 Å². The zero-order valence-electron chi connectivity index (χ0n) is 42.0. The van der Waals surface area contributed by atoms with Gasteiger partial charge >= 0.3 is 0 Å². The summed E-state index contributed by atoms with van der Waals surface area (Å²) in [5.41, 5.74) is -0.521. The fourth-order valence-corrected chi connectivity index (χ4v) is 7.69. The molecule has 0 saturated carbocycles. The monoisotopic (exact) mass is 985 g/mol. The third-order valence-corrected chi connectivity index (χ3v) is 11.7. The van der Waals surface area contributed by atoms with Gasteiger partial charge in [0, 0.05) is 23.9 Å². The van der Waals surface area contributed by atoms with Crippen LogP contribution in [0.5, 0.6) is 23.0 Å². The first kappa shape index (κ1) is 56.2. The smallest absolute Gasteiger partial charge is 0.154 e. The molecule has 0 radical (unpaired) electrons. The highest BCUT2D eigenvalue weighted by Crippen LogP contribution is 2.23. The van der Waals surface area contributed by atoms with Gasteiger partial charge in [0.2, 0.25) is 0 Å². The number of hydrogen-bond donors (Lipinski definition) is 0. The second-order valence-electron chi connectivity index (χ2n) is 17.5. The predicted molar refractivity (Wildman–Crippen MR) is 276 cm³/mol. The highest BCUT2D eigenvalue weighted by molar-refractivity contribution is 7.99. The van der Waals surface area contributed by atoms with Crippen molar-refractivity contribution in [3.05, 3.63) is 152 Å². The van der Waals surface area contributed by atoms with Crippen LogP contribution < -0.4 is 18.9 Å². The molecule has 0 aliphatic rings. The van der Waals surface area contributed by atoms with Crippen molar-refractivity contribution in [2.24, 2.45) is 0 Å². The predicted octanol–water partition coefficient (Wildman–Crippen LogP) is 11.0. The van der Waals surface area contributed by atoms with Gasteiger partial charge in [0.25, 0.3) is 0 Å². The van der Waals surface area contributed by atoms with Crippen LogP contribution in [0.1, 0.15) is 48.0 Å². The Hall–Kier alpha value is -4.67. The van der Waals surface area contributed by atoms with Crippen LogP contribution in [0.3, 0.4) is 0 Å². The molecule has 0 saturated heterocycles. The summed E-state index contributed by atoms with van der Waals surface area (Å²) < 4.78 is 76.1. The normalized spacial score (nSPS) is 14.3. The van der Waals surface area contributed by atoms with Crippen LogP contribution >= 0.6 is 11.8 Å². The highest BCUT2D eigenvalue weighted by Gasteiger charge is 2.27. The third kappa shape index (κ3) is 24.4. The van der Waals surface area contributed by atoms with Crippen LogP contribution in [-0.2, 0) is 37.9 Å². The second kappa shape index (κ2) is 33.1. The van der Waals surface area contributed by atoms with Gasteiger partial charge in [-0.2, -0.15) is 0 Å². The summed E-state index contributed by atoms with van der Waals surface area (Å²) in [6.07, 6.45) is -1.88. The maximum Gasteiger partial charge on any atom is 0.154 e. The molecule has 0 spiro atoms. The summed E-state index contributed by atoms with van der Waals surface area (Å²) in [6, 6.07) is 49.0. The first-order valence-electron chi connectivity index (χ1n) is 24.5. The number of para-hydroxylation sites is 4. The molecule has 12 nitrogen and oxygen atoms in total. The van der Waals surface area contributed by atoms with Crippen molar-refractivity contribution in [2.45, 2.75) is 101 Å². The van der Waals surface area contributed by atoms with Gasteiger partial charge in [-0.15, -0.1) is 11.8 Å². The van der Waals surface area contributed by atoms with Crippen molar-refractivity contribution in [1.82, 2.24) is 0 Å². The van der Waals surface area contributed by atoms with Crippen LogP contribution in [0.25, 0.3) is 0 Å². The fraction of sp³-hybridized carbons (Fsp3) is 0.474. The quantitative estimate of drug-likeness (QED) is 0.0277. The topological polar surface area (TPSA) is 111 Å². The summed E-state index contributed by atoms with van der Waals surface area (Å²) in [7, 11) is 0. The largest absolute Gasteiger partial charge is 0.491 e. The van der Waals surface area contributed by atoms with E-state index in [1.165, 1.54) is 0 Å². The summed E-state index contributed by atoms with van der Waals surface area (Å²) >= 11 is 1.71. The SMILES string of the molecule is CCOC(C)OCC(COC(COc1ccccc1)COC(COc1ccccc1)CSc1ccccc1)OCC(COc1ccccc1)OCC(COc1ccccc1)OC(C)(C)CCOC(C)C. The number of thioether (sulfide) groups is 1. The average Bonchev–Trinajstić information content (AvgIpc) is 3.38. The summed E-state index contributed by atoms with van der Waals surface area (Å²) in [5, 5.41) is 0. The van der Waals surface area contributed by atoms with E-state index in [1.807, 2.05) is 167 Å². The Kier molecular flexibility index (Phi) is 26.6. The fourth-order valence-electron chi connectivity index (χ4n) is 6.77. The maximum absolute atomic E-state index is 6.70. The molecule has 6 atom stereocenters. The van der Waals surface area contributed by atoms with E-state index in [2.05, 4.69) is 26.0 Å². The molecule has 0 N–H and O–H groups in total. The Labute approximate surface area is 421 Å². The van der Waals surface area contributed by atoms with Crippen molar-refractivity contribution in [3.63, 3.8) is 0 Å². The molecule has 5 rings (SSSR count). The summed E-state index contributed by atoms with van der Waals surface area (Å²) in [4.78, 5) is 1.15. The van der Waals surface area contributed by atoms with Gasteiger partial charge in [0.1, 0.15) is 79.9 Å². The lowest BCUT2D eigenvalue weighted by molar-refractivity contribution is -0.177. The summed E-state index contributed by atoms with van der Waals surface area (Å²) in [5.74, 6) is 3.63. The minimum Gasteiger partial charge on any atom is -0.491 e. The van der Waals surface area contributed by atoms with E-state index < -0.39 is 36.3 Å². The molecule has 70 heavy (non-hydrogen) atoms. The molecule has 6 unspecified atom stereocenters. The van der Waals surface area contributed by atoms with Crippen molar-refractivity contribution in [3.8, 4) is 23.0 Å². The molecule has 382 valence electrons. The lowest BCUT2D eigenvalue weighted by Crippen LogP contribution is -2.41. The number of ether oxygens (including phenoxy) is 12. The first-order valence-corrected chi connectivity index (χ1v) is 25.5. The van der Waals surface area contributed by atoms with E-state index in [4.69, 9.17) is 56.8 Å². The highest BCUT2D eigenvalue weighted by atomic mass is 32.2. The second-order valence-corrected chi connectivity index (χ2v) is 18.6. The number of hydrogen-bond acceptors (Lipinski definition) is 13. The Morgan fingerprint density at radius 2 is 0.757 bits per heavy atom. The lowest BCUT2D eigenvalue weighted by Gasteiger charge is -2.32. The minimum absolute atomic E-state index is 0.123. The van der Waals surface area contributed by atoms with Crippen LogP contribution in [0.15, 0.2) is 157 Å². The molecule has 13 heteroatoms. The summed E-state index contributed by atoms with van der Waals surface area (Å²) in [6.45, 7) is 15.0. The molecule has 0 amide bonds. The Balaban J connectivity index is 1.30. The maximum atomic E-state index is 6.70.